The molecule has 0 aliphatic rings. The van der Waals surface area contributed by atoms with E-state index in [0.717, 1.165) is 13.7 Å². The van der Waals surface area contributed by atoms with E-state index >= 15 is 0 Å². The van der Waals surface area contributed by atoms with E-state index in [1.165, 1.54) is 0 Å². The molecule has 0 aliphatic carbocycles. The third kappa shape index (κ3) is 1.26. The Kier molecular flexibility index (Phi) is 1.84. The average Bonchev–Trinajstić information content (AvgIpc) is 2.34. The van der Waals surface area contributed by atoms with Crippen LogP contribution in [0.25, 0.3) is 5.65 Å². The Labute approximate surface area is 85.1 Å². The summed E-state index contributed by atoms with van der Waals surface area (Å²) in [7, 11) is 0. The van der Waals surface area contributed by atoms with Gasteiger partial charge >= 0.3 is 0 Å². The summed E-state index contributed by atoms with van der Waals surface area (Å²) in [6.45, 7) is 0. The lowest BCUT2D eigenvalue weighted by atomic mass is 10.5. The van der Waals surface area contributed by atoms with Gasteiger partial charge in [-0.2, -0.15) is 0 Å². The lowest BCUT2D eigenvalue weighted by molar-refractivity contribution is 1.10. The van der Waals surface area contributed by atoms with E-state index in [1.807, 2.05) is 16.7 Å². The van der Waals surface area contributed by atoms with Gasteiger partial charge in [-0.3, -0.25) is 4.40 Å². The van der Waals surface area contributed by atoms with Crippen molar-refractivity contribution in [1.82, 2.24) is 14.6 Å². The molecular formula is C6H3BrIN3. The minimum absolute atomic E-state index is 0.897. The third-order valence-electron chi connectivity index (χ3n) is 1.31. The quantitative estimate of drug-likeness (QED) is 0.695. The van der Waals surface area contributed by atoms with Gasteiger partial charge in [0.2, 0.25) is 0 Å². The SMILES string of the molecule is Brc1cc(I)c2nncn2c1. The zero-order chi connectivity index (χ0) is 7.84. The summed E-state index contributed by atoms with van der Waals surface area (Å²) in [6.07, 6.45) is 3.61. The van der Waals surface area contributed by atoms with Crippen LogP contribution in [0.2, 0.25) is 0 Å². The summed E-state index contributed by atoms with van der Waals surface area (Å²) in [6, 6.07) is 2.00. The van der Waals surface area contributed by atoms with Crippen molar-refractivity contribution in [2.75, 3.05) is 0 Å². The van der Waals surface area contributed by atoms with Gasteiger partial charge in [-0.25, -0.2) is 0 Å². The Morgan fingerprint density at radius 2 is 2.36 bits per heavy atom. The molecule has 0 spiro atoms. The fraction of sp³-hybridized carbons (Fsp3) is 0. The Bertz CT molecular complexity index is 398. The largest absolute Gasteiger partial charge is 0.287 e. The van der Waals surface area contributed by atoms with Crippen LogP contribution in [0.4, 0.5) is 0 Å². The zero-order valence-corrected chi connectivity index (χ0v) is 9.07. The maximum atomic E-state index is 3.94. The van der Waals surface area contributed by atoms with Crippen molar-refractivity contribution < 1.29 is 0 Å². The second-order valence-corrected chi connectivity index (χ2v) is 4.15. The number of hydrogen-bond acceptors (Lipinski definition) is 2. The van der Waals surface area contributed by atoms with E-state index < -0.39 is 0 Å². The van der Waals surface area contributed by atoms with Crippen LogP contribution in [-0.2, 0) is 0 Å². The molecule has 56 valence electrons. The molecule has 0 aliphatic heterocycles. The first-order valence-electron chi connectivity index (χ1n) is 2.92. The molecule has 3 nitrogen and oxygen atoms in total. The van der Waals surface area contributed by atoms with Crippen molar-refractivity contribution in [3.63, 3.8) is 0 Å². The monoisotopic (exact) mass is 323 g/mol. The molecule has 0 atom stereocenters. The predicted molar refractivity (Wildman–Crippen MR) is 53.4 cm³/mol. The van der Waals surface area contributed by atoms with Gasteiger partial charge < -0.3 is 0 Å². The summed E-state index contributed by atoms with van der Waals surface area (Å²) in [5, 5.41) is 7.73. The molecule has 0 aromatic carbocycles. The summed E-state index contributed by atoms with van der Waals surface area (Å²) >= 11 is 5.61. The normalized spacial score (nSPS) is 10.7. The van der Waals surface area contributed by atoms with Crippen molar-refractivity contribution in [1.29, 1.82) is 0 Å². The molecule has 11 heavy (non-hydrogen) atoms. The lowest BCUT2D eigenvalue weighted by Crippen LogP contribution is -1.85. The first kappa shape index (κ1) is 7.48. The highest BCUT2D eigenvalue weighted by atomic mass is 127. The molecule has 0 fully saturated rings. The van der Waals surface area contributed by atoms with Crippen LogP contribution < -0.4 is 0 Å². The summed E-state index contributed by atoms with van der Waals surface area (Å²) < 4.78 is 4.01. The molecule has 0 amide bonds. The number of rotatable bonds is 0. The summed E-state index contributed by atoms with van der Waals surface area (Å²) in [5.41, 5.74) is 0.897. The van der Waals surface area contributed by atoms with Crippen molar-refractivity contribution in [2.45, 2.75) is 0 Å². The van der Waals surface area contributed by atoms with Crippen LogP contribution in [0.1, 0.15) is 0 Å². The van der Waals surface area contributed by atoms with Crippen LogP contribution in [-0.4, -0.2) is 14.6 Å². The first-order chi connectivity index (χ1) is 5.27. The Balaban J connectivity index is 2.91. The fourth-order valence-electron chi connectivity index (χ4n) is 0.864. The zero-order valence-electron chi connectivity index (χ0n) is 5.33. The predicted octanol–water partition coefficient (Wildman–Crippen LogP) is 2.10. The molecule has 2 aromatic rings. The van der Waals surface area contributed by atoms with Gasteiger partial charge in [-0.1, -0.05) is 0 Å². The molecule has 2 heterocycles. The van der Waals surface area contributed by atoms with Crippen LogP contribution >= 0.6 is 38.5 Å². The van der Waals surface area contributed by atoms with Gasteiger partial charge in [0.15, 0.2) is 5.65 Å². The maximum Gasteiger partial charge on any atom is 0.174 e. The molecule has 0 bridgehead atoms. The standard InChI is InChI=1S/C6H3BrIN3/c7-4-1-5(8)6-10-9-3-11(6)2-4/h1-3H. The Hall–Kier alpha value is -0.170. The second-order valence-electron chi connectivity index (χ2n) is 2.07. The lowest BCUT2D eigenvalue weighted by Gasteiger charge is -1.95. The molecule has 0 N–H and O–H groups in total. The molecule has 0 unspecified atom stereocenters. The van der Waals surface area contributed by atoms with Crippen LogP contribution in [0.15, 0.2) is 23.1 Å². The highest BCUT2D eigenvalue weighted by Gasteiger charge is 2.00. The second kappa shape index (κ2) is 2.71. The summed E-state index contributed by atoms with van der Waals surface area (Å²) in [4.78, 5) is 0. The van der Waals surface area contributed by atoms with Crippen molar-refractivity contribution in [2.24, 2.45) is 0 Å². The number of pyridine rings is 1. The van der Waals surface area contributed by atoms with Crippen LogP contribution in [0, 0.1) is 3.57 Å². The molecule has 2 aromatic heterocycles. The minimum Gasteiger partial charge on any atom is -0.287 e. The van der Waals surface area contributed by atoms with Crippen molar-refractivity contribution >= 4 is 44.2 Å². The van der Waals surface area contributed by atoms with Gasteiger partial charge in [-0.15, -0.1) is 10.2 Å². The van der Waals surface area contributed by atoms with E-state index in [1.54, 1.807) is 6.33 Å². The molecular weight excluding hydrogens is 321 g/mol. The number of aromatic nitrogens is 3. The molecule has 0 saturated heterocycles. The smallest absolute Gasteiger partial charge is 0.174 e. The number of hydrogen-bond donors (Lipinski definition) is 0. The van der Waals surface area contributed by atoms with E-state index in [-0.39, 0.29) is 0 Å². The number of nitrogens with zero attached hydrogens (tertiary/aromatic N) is 3. The maximum absolute atomic E-state index is 3.94. The fourth-order valence-corrected chi connectivity index (χ4v) is 2.46. The van der Waals surface area contributed by atoms with Crippen molar-refractivity contribution in [3.8, 4) is 0 Å². The van der Waals surface area contributed by atoms with E-state index in [9.17, 15) is 0 Å². The average molecular weight is 324 g/mol. The van der Waals surface area contributed by atoms with Gasteiger partial charge in [0.05, 0.1) is 3.57 Å². The highest BCUT2D eigenvalue weighted by molar-refractivity contribution is 14.1. The van der Waals surface area contributed by atoms with E-state index in [2.05, 4.69) is 48.7 Å². The topological polar surface area (TPSA) is 30.2 Å². The van der Waals surface area contributed by atoms with Crippen LogP contribution in [0.5, 0.6) is 0 Å². The molecule has 2 rings (SSSR count). The molecule has 5 heteroatoms. The Morgan fingerprint density at radius 1 is 1.55 bits per heavy atom. The summed E-state index contributed by atoms with van der Waals surface area (Å²) in [5.74, 6) is 0. The molecule has 0 radical (unpaired) electrons. The minimum atomic E-state index is 0.897. The molecule has 0 saturated carbocycles. The van der Waals surface area contributed by atoms with Gasteiger partial charge in [0, 0.05) is 10.7 Å². The highest BCUT2D eigenvalue weighted by Crippen LogP contribution is 2.17. The van der Waals surface area contributed by atoms with Crippen molar-refractivity contribution in [3.05, 3.63) is 26.6 Å². The van der Waals surface area contributed by atoms with Gasteiger partial charge in [0.1, 0.15) is 6.33 Å². The van der Waals surface area contributed by atoms with E-state index in [4.69, 9.17) is 0 Å². The van der Waals surface area contributed by atoms with Crippen LogP contribution in [0.3, 0.4) is 0 Å². The number of fused-ring (bicyclic) bond motifs is 1. The number of halogens is 2. The van der Waals surface area contributed by atoms with Gasteiger partial charge in [-0.05, 0) is 44.6 Å². The Morgan fingerprint density at radius 3 is 3.18 bits per heavy atom. The van der Waals surface area contributed by atoms with E-state index in [0.29, 0.717) is 0 Å². The third-order valence-corrected chi connectivity index (χ3v) is 2.54. The first-order valence-corrected chi connectivity index (χ1v) is 4.79. The van der Waals surface area contributed by atoms with Gasteiger partial charge in [0.25, 0.3) is 0 Å².